The summed E-state index contributed by atoms with van der Waals surface area (Å²) in [5.41, 5.74) is -0.429. The van der Waals surface area contributed by atoms with E-state index < -0.39 is 26.1 Å². The van der Waals surface area contributed by atoms with E-state index in [0.29, 0.717) is 10.9 Å². The van der Waals surface area contributed by atoms with Gasteiger partial charge in [0.05, 0.1) is 10.7 Å². The molecule has 1 N–H and O–H groups in total. The van der Waals surface area contributed by atoms with E-state index in [1.807, 2.05) is 0 Å². The molecule has 0 fully saturated rings. The van der Waals surface area contributed by atoms with Crippen LogP contribution in [0, 0.1) is 10.1 Å². The first-order chi connectivity index (χ1) is 11.8. The largest absolute Gasteiger partial charge is 0.321 e. The molecule has 0 radical (unpaired) electrons. The van der Waals surface area contributed by atoms with Crippen LogP contribution < -0.4 is 5.56 Å². The van der Waals surface area contributed by atoms with Crippen LogP contribution in [0.2, 0.25) is 5.02 Å². The van der Waals surface area contributed by atoms with Crippen LogP contribution in [0.5, 0.6) is 0 Å². The number of halogens is 1. The summed E-state index contributed by atoms with van der Waals surface area (Å²) in [5, 5.41) is 11.4. The third-order valence-corrected chi connectivity index (χ3v) is 5.62. The van der Waals surface area contributed by atoms with E-state index >= 15 is 0 Å². The summed E-state index contributed by atoms with van der Waals surface area (Å²) in [6.07, 6.45) is 0. The van der Waals surface area contributed by atoms with Gasteiger partial charge in [0.2, 0.25) is 0 Å². The monoisotopic (exact) mass is 378 g/mol. The van der Waals surface area contributed by atoms with Crippen LogP contribution in [0.15, 0.2) is 58.2 Å². The van der Waals surface area contributed by atoms with Crippen molar-refractivity contribution >= 4 is 38.0 Å². The number of aromatic nitrogens is 1. The van der Waals surface area contributed by atoms with Crippen molar-refractivity contribution in [2.24, 2.45) is 0 Å². The van der Waals surface area contributed by atoms with Crippen molar-refractivity contribution in [1.82, 2.24) is 4.98 Å². The number of rotatable bonds is 4. The number of nitrogens with zero attached hydrogens (tertiary/aromatic N) is 1. The minimum Gasteiger partial charge on any atom is -0.321 e. The van der Waals surface area contributed by atoms with Gasteiger partial charge < -0.3 is 4.98 Å². The van der Waals surface area contributed by atoms with Gasteiger partial charge in [-0.25, -0.2) is 8.42 Å². The molecule has 9 heteroatoms. The molecule has 7 nitrogen and oxygen atoms in total. The molecule has 0 spiro atoms. The fraction of sp³-hybridized carbons (Fsp3) is 0.0625. The second kappa shape index (κ2) is 6.30. The third kappa shape index (κ3) is 3.40. The van der Waals surface area contributed by atoms with Gasteiger partial charge in [0.25, 0.3) is 11.2 Å². The van der Waals surface area contributed by atoms with E-state index in [1.165, 1.54) is 18.2 Å². The molecule has 0 amide bonds. The molecule has 0 unspecified atom stereocenters. The Balaban J connectivity index is 2.06. The van der Waals surface area contributed by atoms with Crippen LogP contribution in [0.1, 0.15) is 5.56 Å². The van der Waals surface area contributed by atoms with Gasteiger partial charge in [0, 0.05) is 11.6 Å². The molecular formula is C16H11ClN2O5S. The number of para-hydroxylation sites is 1. The molecule has 0 bridgehead atoms. The summed E-state index contributed by atoms with van der Waals surface area (Å²) in [4.78, 5) is 24.5. The summed E-state index contributed by atoms with van der Waals surface area (Å²) >= 11 is 5.72. The Hall–Kier alpha value is -2.71. The lowest BCUT2D eigenvalue weighted by Gasteiger charge is -2.06. The maximum Gasteiger partial charge on any atom is 0.288 e. The second-order valence-electron chi connectivity index (χ2n) is 5.35. The molecule has 1 aromatic heterocycles. The van der Waals surface area contributed by atoms with Crippen LogP contribution in [0.3, 0.4) is 0 Å². The van der Waals surface area contributed by atoms with Gasteiger partial charge in [-0.05, 0) is 29.1 Å². The number of nitro groups is 1. The maximum atomic E-state index is 12.6. The zero-order valence-electron chi connectivity index (χ0n) is 12.6. The van der Waals surface area contributed by atoms with Crippen LogP contribution in [-0.4, -0.2) is 18.3 Å². The van der Waals surface area contributed by atoms with Crippen LogP contribution in [-0.2, 0) is 15.6 Å². The Morgan fingerprint density at radius 1 is 1.12 bits per heavy atom. The zero-order chi connectivity index (χ0) is 18.2. The maximum absolute atomic E-state index is 12.6. The van der Waals surface area contributed by atoms with Crippen molar-refractivity contribution in [2.45, 2.75) is 10.6 Å². The Morgan fingerprint density at radius 2 is 1.84 bits per heavy atom. The van der Waals surface area contributed by atoms with Crippen LogP contribution in [0.25, 0.3) is 10.9 Å². The van der Waals surface area contributed by atoms with Gasteiger partial charge in [-0.3, -0.25) is 14.9 Å². The highest BCUT2D eigenvalue weighted by molar-refractivity contribution is 7.90. The SMILES string of the molecule is O=c1[nH]c2ccccc2cc1S(=O)(=O)Cc1ccc(Cl)c([N+](=O)[O-])c1. The molecule has 3 aromatic rings. The van der Waals surface area contributed by atoms with Gasteiger partial charge in [-0.2, -0.15) is 0 Å². The average Bonchev–Trinajstić information content (AvgIpc) is 2.55. The smallest absolute Gasteiger partial charge is 0.288 e. The Kier molecular flexibility index (Phi) is 4.32. The number of hydrogen-bond acceptors (Lipinski definition) is 5. The fourth-order valence-corrected chi connectivity index (χ4v) is 4.04. The van der Waals surface area contributed by atoms with Crippen molar-refractivity contribution in [1.29, 1.82) is 0 Å². The number of nitrogens with one attached hydrogen (secondary N) is 1. The lowest BCUT2D eigenvalue weighted by molar-refractivity contribution is -0.384. The van der Waals surface area contributed by atoms with Crippen LogP contribution in [0.4, 0.5) is 5.69 Å². The molecule has 3 rings (SSSR count). The predicted molar refractivity (Wildman–Crippen MR) is 93.6 cm³/mol. The standard InChI is InChI=1S/C16H11ClN2O5S/c17-12-6-5-10(7-14(12)19(21)22)9-25(23,24)15-8-11-3-1-2-4-13(11)18-16(15)20/h1-8H,9H2,(H,18,20). The fourth-order valence-electron chi connectivity index (χ4n) is 2.44. The number of H-pyrrole nitrogens is 1. The molecule has 128 valence electrons. The third-order valence-electron chi connectivity index (χ3n) is 3.62. The highest BCUT2D eigenvalue weighted by Crippen LogP contribution is 2.27. The number of fused-ring (bicyclic) bond motifs is 1. The average molecular weight is 379 g/mol. The minimum atomic E-state index is -4.00. The number of nitro benzene ring substituents is 1. The number of hydrogen-bond donors (Lipinski definition) is 1. The van der Waals surface area contributed by atoms with Crippen molar-refractivity contribution in [2.75, 3.05) is 0 Å². The first kappa shape index (κ1) is 17.1. The lowest BCUT2D eigenvalue weighted by Crippen LogP contribution is -2.18. The molecule has 0 aliphatic heterocycles. The molecule has 0 atom stereocenters. The quantitative estimate of drug-likeness (QED) is 0.554. The summed E-state index contributed by atoms with van der Waals surface area (Å²) in [5.74, 6) is -0.549. The number of sulfone groups is 1. The Labute approximate surface area is 146 Å². The topological polar surface area (TPSA) is 110 Å². The summed E-state index contributed by atoms with van der Waals surface area (Å²) in [6, 6.07) is 11.8. The molecule has 2 aromatic carbocycles. The van der Waals surface area contributed by atoms with Gasteiger partial charge in [0.1, 0.15) is 9.92 Å². The Morgan fingerprint density at radius 3 is 2.56 bits per heavy atom. The van der Waals surface area contributed by atoms with Crippen molar-refractivity contribution in [3.8, 4) is 0 Å². The van der Waals surface area contributed by atoms with Crippen LogP contribution >= 0.6 is 11.6 Å². The first-order valence-electron chi connectivity index (χ1n) is 7.05. The zero-order valence-corrected chi connectivity index (χ0v) is 14.2. The molecular weight excluding hydrogens is 368 g/mol. The van der Waals surface area contributed by atoms with E-state index in [4.69, 9.17) is 11.6 Å². The first-order valence-corrected chi connectivity index (χ1v) is 9.08. The van der Waals surface area contributed by atoms with E-state index in [2.05, 4.69) is 4.98 Å². The predicted octanol–water partition coefficient (Wildman–Crippen LogP) is 3.06. The van der Waals surface area contributed by atoms with Crippen molar-refractivity contribution in [3.05, 3.63) is 79.6 Å². The molecule has 0 aliphatic rings. The van der Waals surface area contributed by atoms with Crippen molar-refractivity contribution in [3.63, 3.8) is 0 Å². The molecule has 1 heterocycles. The molecule has 25 heavy (non-hydrogen) atoms. The number of benzene rings is 2. The van der Waals surface area contributed by atoms with Gasteiger partial charge in [0.15, 0.2) is 9.84 Å². The van der Waals surface area contributed by atoms with Gasteiger partial charge in [-0.15, -0.1) is 0 Å². The number of aromatic amines is 1. The highest BCUT2D eigenvalue weighted by Gasteiger charge is 2.22. The summed E-state index contributed by atoms with van der Waals surface area (Å²) in [7, 11) is -4.00. The van der Waals surface area contributed by atoms with E-state index in [1.54, 1.807) is 24.3 Å². The summed E-state index contributed by atoms with van der Waals surface area (Å²) < 4.78 is 25.2. The van der Waals surface area contributed by atoms with Crippen molar-refractivity contribution < 1.29 is 13.3 Å². The van der Waals surface area contributed by atoms with E-state index in [9.17, 15) is 23.3 Å². The highest BCUT2D eigenvalue weighted by atomic mass is 35.5. The second-order valence-corrected chi connectivity index (χ2v) is 7.72. The van der Waals surface area contributed by atoms with Gasteiger partial charge in [-0.1, -0.05) is 35.9 Å². The molecule has 0 saturated carbocycles. The lowest BCUT2D eigenvalue weighted by atomic mass is 10.2. The number of pyridine rings is 1. The molecule has 0 aliphatic carbocycles. The normalized spacial score (nSPS) is 11.6. The minimum absolute atomic E-state index is 0.0882. The molecule has 0 saturated heterocycles. The van der Waals surface area contributed by atoms with Gasteiger partial charge >= 0.3 is 0 Å². The summed E-state index contributed by atoms with van der Waals surface area (Å²) in [6.45, 7) is 0. The van der Waals surface area contributed by atoms with E-state index in [0.717, 1.165) is 6.07 Å². The van der Waals surface area contributed by atoms with E-state index in [-0.39, 0.29) is 21.2 Å². The Bertz CT molecular complexity index is 1150.